The lowest BCUT2D eigenvalue weighted by Crippen LogP contribution is -2.11. The summed E-state index contributed by atoms with van der Waals surface area (Å²) in [5, 5.41) is 9.13. The summed E-state index contributed by atoms with van der Waals surface area (Å²) in [4.78, 5) is 16.0. The lowest BCUT2D eigenvalue weighted by molar-refractivity contribution is 0.0599. The predicted molar refractivity (Wildman–Crippen MR) is 73.3 cm³/mol. The van der Waals surface area contributed by atoms with E-state index in [2.05, 4.69) is 11.1 Å². The minimum atomic E-state index is -0.381. The summed E-state index contributed by atoms with van der Waals surface area (Å²) in [5.41, 5.74) is 3.04. The molecule has 0 fully saturated rings. The van der Waals surface area contributed by atoms with Gasteiger partial charge in [0.25, 0.3) is 0 Å². The smallest absolute Gasteiger partial charge is 0.338 e. The van der Waals surface area contributed by atoms with Crippen LogP contribution in [0.4, 0.5) is 0 Å². The zero-order valence-corrected chi connectivity index (χ0v) is 11.7. The summed E-state index contributed by atoms with van der Waals surface area (Å²) < 4.78 is 6.58. The molecule has 2 rings (SSSR count). The summed E-state index contributed by atoms with van der Waals surface area (Å²) in [6, 6.07) is 9.28. The highest BCUT2D eigenvalue weighted by Crippen LogP contribution is 2.16. The standard InChI is InChI=1S/C15H15N3O2/c1-10-11(2)18(14(8-16)17-10)9-12-6-4-5-7-13(12)15(19)20-3/h4-7H,9H2,1-3H3. The van der Waals surface area contributed by atoms with Crippen LogP contribution in [0.2, 0.25) is 0 Å². The van der Waals surface area contributed by atoms with Crippen molar-refractivity contribution in [2.24, 2.45) is 0 Å². The summed E-state index contributed by atoms with van der Waals surface area (Å²) >= 11 is 0. The van der Waals surface area contributed by atoms with E-state index in [-0.39, 0.29) is 5.97 Å². The van der Waals surface area contributed by atoms with Crippen molar-refractivity contribution >= 4 is 5.97 Å². The van der Waals surface area contributed by atoms with Crippen LogP contribution >= 0.6 is 0 Å². The quantitative estimate of drug-likeness (QED) is 0.801. The van der Waals surface area contributed by atoms with Crippen molar-refractivity contribution in [3.05, 3.63) is 52.6 Å². The Balaban J connectivity index is 2.46. The number of imidazole rings is 1. The van der Waals surface area contributed by atoms with Crippen molar-refractivity contribution in [3.8, 4) is 6.07 Å². The molecule has 0 atom stereocenters. The molecule has 0 saturated carbocycles. The van der Waals surface area contributed by atoms with E-state index in [4.69, 9.17) is 10.00 Å². The van der Waals surface area contributed by atoms with Crippen LogP contribution in [-0.4, -0.2) is 22.6 Å². The Morgan fingerprint density at radius 1 is 1.40 bits per heavy atom. The second-order valence-electron chi connectivity index (χ2n) is 4.45. The van der Waals surface area contributed by atoms with Gasteiger partial charge in [-0.15, -0.1) is 0 Å². The molecule has 2 aromatic rings. The van der Waals surface area contributed by atoms with Gasteiger partial charge in [0.15, 0.2) is 0 Å². The molecule has 20 heavy (non-hydrogen) atoms. The first-order chi connectivity index (χ1) is 9.58. The third-order valence-corrected chi connectivity index (χ3v) is 3.31. The molecule has 5 nitrogen and oxygen atoms in total. The molecule has 0 aliphatic rings. The van der Waals surface area contributed by atoms with Gasteiger partial charge in [-0.25, -0.2) is 9.78 Å². The van der Waals surface area contributed by atoms with Crippen molar-refractivity contribution in [2.75, 3.05) is 7.11 Å². The van der Waals surface area contributed by atoms with Crippen LogP contribution < -0.4 is 0 Å². The fourth-order valence-electron chi connectivity index (χ4n) is 2.07. The van der Waals surface area contributed by atoms with Crippen LogP contribution in [0.15, 0.2) is 24.3 Å². The number of methoxy groups -OCH3 is 1. The van der Waals surface area contributed by atoms with Gasteiger partial charge in [0.2, 0.25) is 5.82 Å². The first kappa shape index (κ1) is 13.8. The molecule has 0 saturated heterocycles. The molecule has 0 spiro atoms. The third-order valence-electron chi connectivity index (χ3n) is 3.31. The molecule has 1 aromatic carbocycles. The molecule has 102 valence electrons. The van der Waals surface area contributed by atoms with Crippen molar-refractivity contribution in [1.82, 2.24) is 9.55 Å². The molecular formula is C15H15N3O2. The summed E-state index contributed by atoms with van der Waals surface area (Å²) in [6.07, 6.45) is 0. The van der Waals surface area contributed by atoms with Gasteiger partial charge in [0.1, 0.15) is 6.07 Å². The van der Waals surface area contributed by atoms with Gasteiger partial charge in [-0.3, -0.25) is 0 Å². The fraction of sp³-hybridized carbons (Fsp3) is 0.267. The van der Waals surface area contributed by atoms with Gasteiger partial charge in [-0.05, 0) is 25.5 Å². The first-order valence-corrected chi connectivity index (χ1v) is 6.18. The number of benzene rings is 1. The Bertz CT molecular complexity index is 696. The maximum Gasteiger partial charge on any atom is 0.338 e. The van der Waals surface area contributed by atoms with Crippen LogP contribution in [0.3, 0.4) is 0 Å². The van der Waals surface area contributed by atoms with E-state index >= 15 is 0 Å². The Labute approximate surface area is 117 Å². The van der Waals surface area contributed by atoms with E-state index in [0.717, 1.165) is 17.0 Å². The van der Waals surface area contributed by atoms with E-state index in [0.29, 0.717) is 17.9 Å². The number of ether oxygens (including phenoxy) is 1. The predicted octanol–water partition coefficient (Wildman–Crippen LogP) is 2.21. The highest BCUT2D eigenvalue weighted by atomic mass is 16.5. The number of carbonyl (C=O) groups excluding carboxylic acids is 1. The fourth-order valence-corrected chi connectivity index (χ4v) is 2.07. The first-order valence-electron chi connectivity index (χ1n) is 6.18. The van der Waals surface area contributed by atoms with Crippen LogP contribution in [0.1, 0.15) is 33.1 Å². The highest BCUT2D eigenvalue weighted by Gasteiger charge is 2.15. The van der Waals surface area contributed by atoms with Gasteiger partial charge >= 0.3 is 5.97 Å². The van der Waals surface area contributed by atoms with E-state index in [1.807, 2.05) is 26.0 Å². The molecule has 0 unspecified atom stereocenters. The molecule has 0 bridgehead atoms. The zero-order chi connectivity index (χ0) is 14.7. The molecule has 0 amide bonds. The van der Waals surface area contributed by atoms with E-state index in [1.54, 1.807) is 16.7 Å². The van der Waals surface area contributed by atoms with Crippen molar-refractivity contribution in [1.29, 1.82) is 5.26 Å². The maximum atomic E-state index is 11.8. The lowest BCUT2D eigenvalue weighted by Gasteiger charge is -2.10. The van der Waals surface area contributed by atoms with E-state index in [9.17, 15) is 4.79 Å². The van der Waals surface area contributed by atoms with E-state index < -0.39 is 0 Å². The normalized spacial score (nSPS) is 10.1. The highest BCUT2D eigenvalue weighted by molar-refractivity contribution is 5.90. The molecule has 1 heterocycles. The van der Waals surface area contributed by atoms with Gasteiger partial charge in [0, 0.05) is 5.69 Å². The molecule has 0 aliphatic heterocycles. The lowest BCUT2D eigenvalue weighted by atomic mass is 10.1. The maximum absolute atomic E-state index is 11.8. The number of nitriles is 1. The number of aryl methyl sites for hydroxylation is 1. The van der Waals surface area contributed by atoms with Crippen molar-refractivity contribution in [3.63, 3.8) is 0 Å². The number of esters is 1. The van der Waals surface area contributed by atoms with Gasteiger partial charge in [-0.2, -0.15) is 5.26 Å². The summed E-state index contributed by atoms with van der Waals surface area (Å²) in [5.74, 6) is -0.0340. The van der Waals surface area contributed by atoms with Crippen molar-refractivity contribution in [2.45, 2.75) is 20.4 Å². The number of hydrogen-bond donors (Lipinski definition) is 0. The van der Waals surface area contributed by atoms with Gasteiger partial charge in [0.05, 0.1) is 24.9 Å². The topological polar surface area (TPSA) is 67.9 Å². The summed E-state index contributed by atoms with van der Waals surface area (Å²) in [7, 11) is 1.35. The van der Waals surface area contributed by atoms with E-state index in [1.165, 1.54) is 7.11 Å². The largest absolute Gasteiger partial charge is 0.465 e. The molecule has 5 heteroatoms. The SMILES string of the molecule is COC(=O)c1ccccc1Cn1c(C#N)nc(C)c1C. The average molecular weight is 269 g/mol. The number of carbonyl (C=O) groups is 1. The van der Waals surface area contributed by atoms with Crippen LogP contribution in [-0.2, 0) is 11.3 Å². The number of hydrogen-bond acceptors (Lipinski definition) is 4. The Morgan fingerprint density at radius 2 is 2.10 bits per heavy atom. The third kappa shape index (κ3) is 2.41. The van der Waals surface area contributed by atoms with Gasteiger partial charge in [-0.1, -0.05) is 18.2 Å². The van der Waals surface area contributed by atoms with Crippen LogP contribution in [0.5, 0.6) is 0 Å². The second-order valence-corrected chi connectivity index (χ2v) is 4.45. The van der Waals surface area contributed by atoms with Crippen LogP contribution in [0, 0.1) is 25.2 Å². The summed E-state index contributed by atoms with van der Waals surface area (Å²) in [6.45, 7) is 4.18. The second kappa shape index (κ2) is 5.57. The van der Waals surface area contributed by atoms with Crippen molar-refractivity contribution < 1.29 is 9.53 Å². The Morgan fingerprint density at radius 3 is 2.75 bits per heavy atom. The molecule has 0 radical (unpaired) electrons. The minimum absolute atomic E-state index is 0.347. The number of aromatic nitrogens is 2. The molecule has 1 aromatic heterocycles. The zero-order valence-electron chi connectivity index (χ0n) is 11.7. The number of nitrogens with zero attached hydrogens (tertiary/aromatic N) is 3. The number of rotatable bonds is 3. The Hall–Kier alpha value is -2.61. The van der Waals surface area contributed by atoms with Crippen LogP contribution in [0.25, 0.3) is 0 Å². The minimum Gasteiger partial charge on any atom is -0.465 e. The molecular weight excluding hydrogens is 254 g/mol. The molecule has 0 aliphatic carbocycles. The Kier molecular flexibility index (Phi) is 3.85. The monoisotopic (exact) mass is 269 g/mol. The molecule has 0 N–H and O–H groups in total. The van der Waals surface area contributed by atoms with Gasteiger partial charge < -0.3 is 9.30 Å². The average Bonchev–Trinajstić information content (AvgIpc) is 2.74.